The van der Waals surface area contributed by atoms with E-state index in [0.29, 0.717) is 15.7 Å². The third-order valence-electron chi connectivity index (χ3n) is 4.74. The summed E-state index contributed by atoms with van der Waals surface area (Å²) in [5, 5.41) is 3.04. The van der Waals surface area contributed by atoms with Gasteiger partial charge in [0.1, 0.15) is 12.4 Å². The standard InChI is InChI=1S/C22H15BrClFN2O2/c23-14-6-8-18(24)16(10-14)22(29)27-12-20(28)26-19-9-7-15(25)11-17(19)21(27)13-4-2-1-3-5-13/h1-11,21H,12H2,(H,26,28). The zero-order valence-electron chi connectivity index (χ0n) is 15.0. The second-order valence-corrected chi connectivity index (χ2v) is 7.97. The summed E-state index contributed by atoms with van der Waals surface area (Å²) < 4.78 is 14.8. The third-order valence-corrected chi connectivity index (χ3v) is 5.57. The van der Waals surface area contributed by atoms with E-state index in [0.717, 1.165) is 5.56 Å². The minimum atomic E-state index is -0.664. The Balaban J connectivity index is 1.91. The molecule has 3 aromatic carbocycles. The Labute approximate surface area is 180 Å². The van der Waals surface area contributed by atoms with Crippen LogP contribution in [0.5, 0.6) is 0 Å². The van der Waals surface area contributed by atoms with Gasteiger partial charge in [0, 0.05) is 15.7 Å². The Kier molecular flexibility index (Phi) is 5.39. The van der Waals surface area contributed by atoms with Crippen LogP contribution in [0.15, 0.2) is 71.2 Å². The molecule has 0 saturated heterocycles. The second-order valence-electron chi connectivity index (χ2n) is 6.65. The van der Waals surface area contributed by atoms with Gasteiger partial charge in [0.25, 0.3) is 5.91 Å². The fourth-order valence-electron chi connectivity index (χ4n) is 3.48. The number of hydrogen-bond acceptors (Lipinski definition) is 2. The highest BCUT2D eigenvalue weighted by atomic mass is 79.9. The fraction of sp³-hybridized carbons (Fsp3) is 0.0909. The maximum Gasteiger partial charge on any atom is 0.256 e. The van der Waals surface area contributed by atoms with E-state index in [1.165, 1.54) is 23.1 Å². The first-order valence-corrected chi connectivity index (χ1v) is 10.0. The molecule has 1 aliphatic rings. The average Bonchev–Trinajstić information content (AvgIpc) is 2.85. The molecule has 1 aliphatic heterocycles. The average molecular weight is 474 g/mol. The smallest absolute Gasteiger partial charge is 0.256 e. The van der Waals surface area contributed by atoms with Crippen molar-refractivity contribution in [3.05, 3.63) is 98.7 Å². The predicted molar refractivity (Wildman–Crippen MR) is 114 cm³/mol. The number of carbonyl (C=O) groups excluding carboxylic acids is 2. The highest BCUT2D eigenvalue weighted by Crippen LogP contribution is 2.37. The van der Waals surface area contributed by atoms with Crippen LogP contribution in [0, 0.1) is 5.82 Å². The Bertz CT molecular complexity index is 1110. The molecule has 0 saturated carbocycles. The lowest BCUT2D eigenvalue weighted by atomic mass is 9.95. The van der Waals surface area contributed by atoms with E-state index in [1.54, 1.807) is 18.2 Å². The van der Waals surface area contributed by atoms with Crippen LogP contribution in [0.2, 0.25) is 5.02 Å². The SMILES string of the molecule is O=C1CN(C(=O)c2cc(Br)ccc2Cl)C(c2ccccc2)c2cc(F)ccc2N1. The van der Waals surface area contributed by atoms with Gasteiger partial charge in [-0.3, -0.25) is 9.59 Å². The number of nitrogens with one attached hydrogen (secondary N) is 1. The minimum absolute atomic E-state index is 0.197. The minimum Gasteiger partial charge on any atom is -0.324 e. The van der Waals surface area contributed by atoms with Crippen molar-refractivity contribution in [1.82, 2.24) is 4.90 Å². The van der Waals surface area contributed by atoms with Crippen LogP contribution in [0.1, 0.15) is 27.5 Å². The van der Waals surface area contributed by atoms with Crippen molar-refractivity contribution < 1.29 is 14.0 Å². The van der Waals surface area contributed by atoms with Gasteiger partial charge in [-0.25, -0.2) is 4.39 Å². The molecule has 146 valence electrons. The molecule has 0 spiro atoms. The van der Waals surface area contributed by atoms with E-state index >= 15 is 0 Å². The van der Waals surface area contributed by atoms with Crippen LogP contribution >= 0.6 is 27.5 Å². The van der Waals surface area contributed by atoms with E-state index in [-0.39, 0.29) is 23.0 Å². The quantitative estimate of drug-likeness (QED) is 0.540. The lowest BCUT2D eigenvalue weighted by molar-refractivity contribution is -0.117. The number of rotatable bonds is 2. The third kappa shape index (κ3) is 3.91. The molecule has 1 unspecified atom stereocenters. The summed E-state index contributed by atoms with van der Waals surface area (Å²) >= 11 is 9.63. The Morgan fingerprint density at radius 3 is 2.62 bits per heavy atom. The van der Waals surface area contributed by atoms with Crippen LogP contribution in [0.3, 0.4) is 0 Å². The summed E-state index contributed by atoms with van der Waals surface area (Å²) in [6, 6.07) is 17.7. The second kappa shape index (κ2) is 7.97. The summed E-state index contributed by atoms with van der Waals surface area (Å²) in [4.78, 5) is 27.5. The number of amides is 2. The van der Waals surface area contributed by atoms with E-state index in [1.807, 2.05) is 30.3 Å². The summed E-state index contributed by atoms with van der Waals surface area (Å²) in [5.74, 6) is -1.23. The molecule has 29 heavy (non-hydrogen) atoms. The number of fused-ring (bicyclic) bond motifs is 1. The molecular weight excluding hydrogens is 459 g/mol. The monoisotopic (exact) mass is 472 g/mol. The van der Waals surface area contributed by atoms with Crippen molar-refractivity contribution in [3.63, 3.8) is 0 Å². The van der Waals surface area contributed by atoms with Crippen molar-refractivity contribution >= 4 is 45.0 Å². The molecule has 0 fully saturated rings. The Morgan fingerprint density at radius 1 is 1.10 bits per heavy atom. The van der Waals surface area contributed by atoms with Gasteiger partial charge in [-0.15, -0.1) is 0 Å². The summed E-state index contributed by atoms with van der Waals surface area (Å²) in [6.45, 7) is -0.197. The fourth-order valence-corrected chi connectivity index (χ4v) is 4.04. The largest absolute Gasteiger partial charge is 0.324 e. The van der Waals surface area contributed by atoms with Gasteiger partial charge in [0.05, 0.1) is 16.6 Å². The molecule has 1 heterocycles. The number of hydrogen-bond donors (Lipinski definition) is 1. The predicted octanol–water partition coefficient (Wildman–Crippen LogP) is 5.43. The molecule has 7 heteroatoms. The first-order valence-electron chi connectivity index (χ1n) is 8.84. The molecular formula is C22H15BrClFN2O2. The van der Waals surface area contributed by atoms with Crippen molar-refractivity contribution in [2.24, 2.45) is 0 Å². The Hall–Kier alpha value is -2.70. The number of carbonyl (C=O) groups is 2. The molecule has 1 atom stereocenters. The maximum absolute atomic E-state index is 14.1. The first kappa shape index (κ1) is 19.6. The highest BCUT2D eigenvalue weighted by Gasteiger charge is 2.34. The number of halogens is 3. The van der Waals surface area contributed by atoms with Crippen molar-refractivity contribution in [1.29, 1.82) is 0 Å². The van der Waals surface area contributed by atoms with Gasteiger partial charge in [-0.2, -0.15) is 0 Å². The van der Waals surface area contributed by atoms with Crippen LogP contribution in [-0.4, -0.2) is 23.3 Å². The molecule has 0 aliphatic carbocycles. The lowest BCUT2D eigenvalue weighted by Crippen LogP contribution is -2.39. The van der Waals surface area contributed by atoms with Gasteiger partial charge < -0.3 is 10.2 Å². The Morgan fingerprint density at radius 2 is 1.86 bits per heavy atom. The summed E-state index contributed by atoms with van der Waals surface area (Å²) in [5.41, 5.74) is 1.99. The summed E-state index contributed by atoms with van der Waals surface area (Å²) in [6.07, 6.45) is 0. The van der Waals surface area contributed by atoms with E-state index in [9.17, 15) is 14.0 Å². The molecule has 3 aromatic rings. The van der Waals surface area contributed by atoms with Gasteiger partial charge in [-0.1, -0.05) is 57.9 Å². The molecule has 0 bridgehead atoms. The zero-order valence-corrected chi connectivity index (χ0v) is 17.4. The summed E-state index contributed by atoms with van der Waals surface area (Å²) in [7, 11) is 0. The van der Waals surface area contributed by atoms with E-state index in [2.05, 4.69) is 21.2 Å². The number of nitrogens with zero attached hydrogens (tertiary/aromatic N) is 1. The van der Waals surface area contributed by atoms with Crippen LogP contribution in [0.4, 0.5) is 10.1 Å². The van der Waals surface area contributed by atoms with Gasteiger partial charge in [0.2, 0.25) is 5.91 Å². The van der Waals surface area contributed by atoms with Crippen molar-refractivity contribution in [3.8, 4) is 0 Å². The molecule has 1 N–H and O–H groups in total. The molecule has 4 rings (SSSR count). The van der Waals surface area contributed by atoms with E-state index < -0.39 is 17.8 Å². The first-order chi connectivity index (χ1) is 13.9. The lowest BCUT2D eigenvalue weighted by Gasteiger charge is -2.31. The number of anilines is 1. The molecule has 4 nitrogen and oxygen atoms in total. The van der Waals surface area contributed by atoms with Crippen LogP contribution in [-0.2, 0) is 4.79 Å². The molecule has 0 radical (unpaired) electrons. The van der Waals surface area contributed by atoms with Gasteiger partial charge in [-0.05, 0) is 42.0 Å². The van der Waals surface area contributed by atoms with E-state index in [4.69, 9.17) is 11.6 Å². The van der Waals surface area contributed by atoms with Gasteiger partial charge in [0.15, 0.2) is 0 Å². The number of benzene rings is 3. The maximum atomic E-state index is 14.1. The topological polar surface area (TPSA) is 49.4 Å². The van der Waals surface area contributed by atoms with Crippen LogP contribution < -0.4 is 5.32 Å². The highest BCUT2D eigenvalue weighted by molar-refractivity contribution is 9.10. The molecule has 0 aromatic heterocycles. The van der Waals surface area contributed by atoms with Crippen molar-refractivity contribution in [2.45, 2.75) is 6.04 Å². The normalized spacial score (nSPS) is 16.0. The van der Waals surface area contributed by atoms with Gasteiger partial charge >= 0.3 is 0 Å². The van der Waals surface area contributed by atoms with Crippen LogP contribution in [0.25, 0.3) is 0 Å². The zero-order chi connectivity index (χ0) is 20.5. The van der Waals surface area contributed by atoms with Crippen molar-refractivity contribution in [2.75, 3.05) is 11.9 Å². The molecule has 2 amide bonds.